The molecule has 0 heterocycles. The molecule has 0 aromatic rings. The fourth-order valence-corrected chi connectivity index (χ4v) is 1.91. The van der Waals surface area contributed by atoms with Crippen molar-refractivity contribution in [1.29, 1.82) is 0 Å². The summed E-state index contributed by atoms with van der Waals surface area (Å²) in [4.78, 5) is 0. The van der Waals surface area contributed by atoms with Gasteiger partial charge in [0.2, 0.25) is 0 Å². The number of allylic oxidation sites excluding steroid dienone is 10. The van der Waals surface area contributed by atoms with Crippen molar-refractivity contribution in [3.63, 3.8) is 0 Å². The predicted molar refractivity (Wildman–Crippen MR) is 75.9 cm³/mol. The molecule has 4 heteroatoms. The molecule has 4 nitrogen and oxygen atoms in total. The summed E-state index contributed by atoms with van der Waals surface area (Å²) in [5, 5.41) is 28.9. The molecule has 0 radical (unpaired) electrons. The summed E-state index contributed by atoms with van der Waals surface area (Å²) in [5.74, 6) is -0.0911. The second-order valence-electron chi connectivity index (χ2n) is 4.57. The van der Waals surface area contributed by atoms with Gasteiger partial charge in [-0.25, -0.2) is 0 Å². The van der Waals surface area contributed by atoms with E-state index in [2.05, 4.69) is 10.6 Å². The van der Waals surface area contributed by atoms with Crippen LogP contribution >= 0.6 is 0 Å². The maximum atomic E-state index is 11.6. The van der Waals surface area contributed by atoms with Crippen LogP contribution in [-0.2, 0) is 0 Å². The molecule has 2 N–H and O–H groups in total. The van der Waals surface area contributed by atoms with Crippen LogP contribution in [0.15, 0.2) is 71.5 Å². The molecule has 0 saturated carbocycles. The number of hydrogen-bond acceptors (Lipinski definition) is 4. The van der Waals surface area contributed by atoms with Crippen LogP contribution in [0.3, 0.4) is 0 Å². The van der Waals surface area contributed by atoms with Gasteiger partial charge in [-0.05, 0) is 35.8 Å². The molecule has 0 aliphatic heterocycles. The van der Waals surface area contributed by atoms with E-state index in [0.29, 0.717) is 24.2 Å². The lowest BCUT2D eigenvalue weighted by molar-refractivity contribution is -0.313. The Morgan fingerprint density at radius 1 is 0.700 bits per heavy atom. The zero-order chi connectivity index (χ0) is 14.2. The maximum Gasteiger partial charge on any atom is 0.0136 e. The van der Waals surface area contributed by atoms with Gasteiger partial charge in [0, 0.05) is 13.1 Å². The Morgan fingerprint density at radius 2 is 1.05 bits per heavy atom. The highest BCUT2D eigenvalue weighted by Crippen LogP contribution is 2.08. The van der Waals surface area contributed by atoms with Crippen molar-refractivity contribution >= 4 is 0 Å². The van der Waals surface area contributed by atoms with E-state index in [1.807, 2.05) is 24.3 Å². The Morgan fingerprint density at radius 3 is 1.40 bits per heavy atom. The fraction of sp³-hybridized carbons (Fsp3) is 0.250. The smallest absolute Gasteiger partial charge is 0.0136 e. The minimum Gasteiger partial charge on any atom is -0.860 e. The van der Waals surface area contributed by atoms with Gasteiger partial charge in [-0.2, -0.15) is 0 Å². The maximum absolute atomic E-state index is 11.6. The minimum absolute atomic E-state index is 0.0455. The third-order valence-corrected chi connectivity index (χ3v) is 3.02. The average molecular weight is 270 g/mol. The van der Waals surface area contributed by atoms with Gasteiger partial charge < -0.3 is 20.8 Å². The van der Waals surface area contributed by atoms with Crippen LogP contribution in [0.5, 0.6) is 0 Å². The van der Waals surface area contributed by atoms with E-state index in [1.165, 1.54) is 0 Å². The molecule has 20 heavy (non-hydrogen) atoms. The van der Waals surface area contributed by atoms with Crippen molar-refractivity contribution < 1.29 is 10.2 Å². The van der Waals surface area contributed by atoms with E-state index < -0.39 is 0 Å². The van der Waals surface area contributed by atoms with Gasteiger partial charge in [0.1, 0.15) is 0 Å². The molecule has 2 aliphatic rings. The van der Waals surface area contributed by atoms with E-state index in [0.717, 1.165) is 12.8 Å². The monoisotopic (exact) mass is 270 g/mol. The molecule has 0 saturated heterocycles. The van der Waals surface area contributed by atoms with Crippen molar-refractivity contribution in [3.05, 3.63) is 71.5 Å². The van der Waals surface area contributed by atoms with Crippen molar-refractivity contribution in [3.8, 4) is 0 Å². The third-order valence-electron chi connectivity index (χ3n) is 3.02. The molecular formula is C16H18N2O2-2. The minimum atomic E-state index is -0.0455. The van der Waals surface area contributed by atoms with E-state index in [4.69, 9.17) is 0 Å². The molecular weight excluding hydrogens is 252 g/mol. The summed E-state index contributed by atoms with van der Waals surface area (Å²) in [7, 11) is 0. The van der Waals surface area contributed by atoms with Gasteiger partial charge in [-0.15, -0.1) is 0 Å². The van der Waals surface area contributed by atoms with E-state index in [-0.39, 0.29) is 11.8 Å². The molecule has 2 rings (SSSR count). The molecule has 0 spiro atoms. The first-order valence-corrected chi connectivity index (χ1v) is 6.77. The van der Waals surface area contributed by atoms with Gasteiger partial charge in [0.15, 0.2) is 0 Å². The molecule has 2 aliphatic carbocycles. The lowest BCUT2D eigenvalue weighted by atomic mass is 10.2. The van der Waals surface area contributed by atoms with E-state index in [1.54, 1.807) is 24.3 Å². The summed E-state index contributed by atoms with van der Waals surface area (Å²) in [6.07, 6.45) is 16.2. The second kappa shape index (κ2) is 7.28. The molecule has 0 unspecified atom stereocenters. The molecule has 0 aromatic heterocycles. The first kappa shape index (κ1) is 14.1. The standard InChI is InChI=1S/C16H20N2O2/c19-15(13-7-1-2-8-13)17-11-5-6-12-18-16(20)14-9-3-4-10-14/h1-4,7-10,17-20H,5-6,11-12H2/p-2. The number of hydrogen-bond donors (Lipinski definition) is 2. The Balaban J connectivity index is 1.58. The quantitative estimate of drug-likeness (QED) is 0.517. The van der Waals surface area contributed by atoms with Gasteiger partial charge in [-0.3, -0.25) is 0 Å². The van der Waals surface area contributed by atoms with Gasteiger partial charge in [0.05, 0.1) is 0 Å². The molecule has 106 valence electrons. The van der Waals surface area contributed by atoms with Crippen LogP contribution in [0.25, 0.3) is 0 Å². The SMILES string of the molecule is [O-]C(NCCCCNC([O-])=C1C=CC=C1)=C1C=CC=C1. The lowest BCUT2D eigenvalue weighted by Crippen LogP contribution is -2.28. The molecule has 0 aromatic carbocycles. The van der Waals surface area contributed by atoms with Crippen molar-refractivity contribution in [1.82, 2.24) is 10.6 Å². The average Bonchev–Trinajstić information content (AvgIpc) is 3.14. The van der Waals surface area contributed by atoms with Crippen LogP contribution < -0.4 is 20.8 Å². The van der Waals surface area contributed by atoms with Crippen molar-refractivity contribution in [2.24, 2.45) is 0 Å². The van der Waals surface area contributed by atoms with Crippen LogP contribution in [0, 0.1) is 0 Å². The summed E-state index contributed by atoms with van der Waals surface area (Å²) in [6, 6.07) is 0. The topological polar surface area (TPSA) is 70.2 Å². The largest absolute Gasteiger partial charge is 0.860 e. The zero-order valence-electron chi connectivity index (χ0n) is 11.3. The number of rotatable bonds is 7. The Hall–Kier alpha value is -2.36. The van der Waals surface area contributed by atoms with Gasteiger partial charge in [0.25, 0.3) is 0 Å². The summed E-state index contributed by atoms with van der Waals surface area (Å²) in [5.41, 5.74) is 1.38. The van der Waals surface area contributed by atoms with Crippen LogP contribution in [0.1, 0.15) is 12.8 Å². The second-order valence-corrected chi connectivity index (χ2v) is 4.57. The molecule has 0 bridgehead atoms. The third kappa shape index (κ3) is 4.09. The predicted octanol–water partition coefficient (Wildman–Crippen LogP) is 0.342. The highest BCUT2D eigenvalue weighted by Gasteiger charge is 1.96. The van der Waals surface area contributed by atoms with E-state index in [9.17, 15) is 10.2 Å². The Kier molecular flexibility index (Phi) is 5.12. The summed E-state index contributed by atoms with van der Waals surface area (Å²) >= 11 is 0. The lowest BCUT2D eigenvalue weighted by Gasteiger charge is -2.19. The van der Waals surface area contributed by atoms with Crippen LogP contribution in [0.2, 0.25) is 0 Å². The molecule has 0 atom stereocenters. The van der Waals surface area contributed by atoms with E-state index >= 15 is 0 Å². The Bertz CT molecular complexity index is 447. The molecule has 0 fully saturated rings. The normalized spacial score (nSPS) is 15.2. The highest BCUT2D eigenvalue weighted by atomic mass is 16.3. The number of unbranched alkanes of at least 4 members (excludes halogenated alkanes) is 1. The summed E-state index contributed by atoms with van der Waals surface area (Å²) < 4.78 is 0. The first-order chi connectivity index (χ1) is 9.77. The number of nitrogens with one attached hydrogen (secondary N) is 2. The van der Waals surface area contributed by atoms with Crippen molar-refractivity contribution in [2.75, 3.05) is 13.1 Å². The Labute approximate surface area is 119 Å². The van der Waals surface area contributed by atoms with Gasteiger partial charge >= 0.3 is 0 Å². The van der Waals surface area contributed by atoms with Crippen molar-refractivity contribution in [2.45, 2.75) is 12.8 Å². The fourth-order valence-electron chi connectivity index (χ4n) is 1.91. The van der Waals surface area contributed by atoms with Crippen LogP contribution in [-0.4, -0.2) is 13.1 Å². The van der Waals surface area contributed by atoms with Gasteiger partial charge in [-0.1, -0.05) is 48.6 Å². The highest BCUT2D eigenvalue weighted by molar-refractivity contribution is 5.41. The molecule has 0 amide bonds. The van der Waals surface area contributed by atoms with Crippen LogP contribution in [0.4, 0.5) is 0 Å². The zero-order valence-corrected chi connectivity index (χ0v) is 11.3. The summed E-state index contributed by atoms with van der Waals surface area (Å²) in [6.45, 7) is 1.24. The first-order valence-electron chi connectivity index (χ1n) is 6.77.